The SMILES string of the molecule is COc1ccc(O)c(C(=O)c2ccc(C(=O)OC3CNC[C@H]3NC(=O)c3ccncc3)cc2)c1F. The molecule has 1 aliphatic heterocycles. The first-order chi connectivity index (χ1) is 16.9. The molecule has 9 nitrogen and oxygen atoms in total. The van der Waals surface area contributed by atoms with Crippen molar-refractivity contribution in [3.63, 3.8) is 0 Å². The number of hydrogen-bond acceptors (Lipinski definition) is 8. The van der Waals surface area contributed by atoms with E-state index in [4.69, 9.17) is 9.47 Å². The Hall–Kier alpha value is -4.31. The number of halogens is 1. The fourth-order valence-corrected chi connectivity index (χ4v) is 3.71. The van der Waals surface area contributed by atoms with Gasteiger partial charge in [0.1, 0.15) is 17.4 Å². The van der Waals surface area contributed by atoms with Crippen molar-refractivity contribution in [2.75, 3.05) is 20.2 Å². The number of rotatable bonds is 7. The number of carbonyl (C=O) groups excluding carboxylic acids is 3. The first-order valence-electron chi connectivity index (χ1n) is 10.7. The van der Waals surface area contributed by atoms with Crippen LogP contribution in [0, 0.1) is 5.82 Å². The first kappa shape index (κ1) is 23.8. The highest BCUT2D eigenvalue weighted by molar-refractivity contribution is 6.11. The number of ether oxygens (including phenoxy) is 2. The molecule has 1 fully saturated rings. The first-order valence-corrected chi connectivity index (χ1v) is 10.7. The van der Waals surface area contributed by atoms with Crippen LogP contribution in [0.4, 0.5) is 4.39 Å². The van der Waals surface area contributed by atoms with Crippen LogP contribution in [0.5, 0.6) is 11.5 Å². The van der Waals surface area contributed by atoms with E-state index < -0.39 is 41.0 Å². The molecule has 2 heterocycles. The number of aromatic nitrogens is 1. The zero-order valence-corrected chi connectivity index (χ0v) is 18.7. The average Bonchev–Trinajstić information content (AvgIpc) is 3.30. The molecule has 0 radical (unpaired) electrons. The van der Waals surface area contributed by atoms with Gasteiger partial charge in [-0.3, -0.25) is 14.6 Å². The van der Waals surface area contributed by atoms with Crippen molar-refractivity contribution < 1.29 is 33.4 Å². The van der Waals surface area contributed by atoms with Gasteiger partial charge in [-0.25, -0.2) is 9.18 Å². The minimum Gasteiger partial charge on any atom is -0.507 e. The van der Waals surface area contributed by atoms with Gasteiger partial charge in [0.2, 0.25) is 0 Å². The fourth-order valence-electron chi connectivity index (χ4n) is 3.71. The van der Waals surface area contributed by atoms with E-state index in [0.29, 0.717) is 18.7 Å². The summed E-state index contributed by atoms with van der Waals surface area (Å²) >= 11 is 0. The molecule has 1 aromatic heterocycles. The van der Waals surface area contributed by atoms with Gasteiger partial charge in [-0.15, -0.1) is 0 Å². The van der Waals surface area contributed by atoms with Crippen molar-refractivity contribution in [1.29, 1.82) is 0 Å². The van der Waals surface area contributed by atoms with Gasteiger partial charge in [0.05, 0.1) is 18.7 Å². The summed E-state index contributed by atoms with van der Waals surface area (Å²) in [6.07, 6.45) is 2.42. The van der Waals surface area contributed by atoms with Crippen LogP contribution in [0.3, 0.4) is 0 Å². The van der Waals surface area contributed by atoms with E-state index in [9.17, 15) is 23.9 Å². The number of phenols is 1. The maximum absolute atomic E-state index is 14.5. The van der Waals surface area contributed by atoms with Gasteiger partial charge in [0.15, 0.2) is 17.3 Å². The van der Waals surface area contributed by atoms with Gasteiger partial charge in [0.25, 0.3) is 5.91 Å². The van der Waals surface area contributed by atoms with E-state index >= 15 is 0 Å². The Balaban J connectivity index is 1.43. The largest absolute Gasteiger partial charge is 0.507 e. The molecule has 2 atom stereocenters. The number of hydrogen-bond donors (Lipinski definition) is 3. The number of ketones is 1. The summed E-state index contributed by atoms with van der Waals surface area (Å²) in [5.74, 6) is -3.39. The van der Waals surface area contributed by atoms with E-state index in [0.717, 1.165) is 0 Å². The molecule has 1 saturated heterocycles. The Bertz CT molecular complexity index is 1250. The van der Waals surface area contributed by atoms with Gasteiger partial charge in [-0.05, 0) is 36.4 Å². The van der Waals surface area contributed by atoms with Gasteiger partial charge in [0, 0.05) is 36.6 Å². The maximum atomic E-state index is 14.5. The van der Waals surface area contributed by atoms with Crippen molar-refractivity contribution >= 4 is 17.7 Å². The molecule has 0 aliphatic carbocycles. The predicted octanol–water partition coefficient (Wildman–Crippen LogP) is 2.09. The maximum Gasteiger partial charge on any atom is 0.338 e. The molecule has 180 valence electrons. The molecule has 3 N–H and O–H groups in total. The minimum atomic E-state index is -0.977. The third-order valence-corrected chi connectivity index (χ3v) is 5.59. The second-order valence-corrected chi connectivity index (χ2v) is 7.80. The van der Waals surface area contributed by atoms with Gasteiger partial charge in [-0.1, -0.05) is 12.1 Å². The number of nitrogens with zero attached hydrogens (tertiary/aromatic N) is 1. The van der Waals surface area contributed by atoms with Crippen LogP contribution < -0.4 is 15.4 Å². The molecular formula is C25H22FN3O6. The second-order valence-electron chi connectivity index (χ2n) is 7.80. The van der Waals surface area contributed by atoms with Crippen molar-refractivity contribution in [2.24, 2.45) is 0 Å². The van der Waals surface area contributed by atoms with Crippen LogP contribution in [0.15, 0.2) is 60.9 Å². The van der Waals surface area contributed by atoms with E-state index in [-0.39, 0.29) is 22.8 Å². The molecular weight excluding hydrogens is 457 g/mol. The van der Waals surface area contributed by atoms with Gasteiger partial charge >= 0.3 is 5.97 Å². The quantitative estimate of drug-likeness (QED) is 0.347. The van der Waals surface area contributed by atoms with Crippen LogP contribution in [-0.2, 0) is 4.74 Å². The molecule has 0 saturated carbocycles. The third kappa shape index (κ3) is 5.12. The molecule has 4 rings (SSSR count). The van der Waals surface area contributed by atoms with Gasteiger partial charge < -0.3 is 25.2 Å². The Morgan fingerprint density at radius 1 is 1.00 bits per heavy atom. The number of aromatic hydroxyl groups is 1. The summed E-state index contributed by atoms with van der Waals surface area (Å²) in [5.41, 5.74) is 0.150. The Kier molecular flexibility index (Phi) is 7.02. The number of methoxy groups -OCH3 is 1. The molecule has 2 aromatic carbocycles. The number of esters is 1. The normalized spacial score (nSPS) is 17.0. The zero-order chi connectivity index (χ0) is 24.9. The number of benzene rings is 2. The third-order valence-electron chi connectivity index (χ3n) is 5.59. The Morgan fingerprint density at radius 3 is 2.37 bits per heavy atom. The molecule has 0 spiro atoms. The van der Waals surface area contributed by atoms with Crippen molar-refractivity contribution in [2.45, 2.75) is 12.1 Å². The number of nitrogens with one attached hydrogen (secondary N) is 2. The van der Waals surface area contributed by atoms with E-state index in [1.54, 1.807) is 12.1 Å². The number of pyridine rings is 1. The van der Waals surface area contributed by atoms with Crippen molar-refractivity contribution in [3.05, 3.63) is 89.0 Å². The Labute approximate surface area is 199 Å². The summed E-state index contributed by atoms with van der Waals surface area (Å²) in [6, 6.07) is 10.5. The predicted molar refractivity (Wildman–Crippen MR) is 122 cm³/mol. The summed E-state index contributed by atoms with van der Waals surface area (Å²) in [7, 11) is 1.25. The van der Waals surface area contributed by atoms with Crippen LogP contribution >= 0.6 is 0 Å². The fraction of sp³-hybridized carbons (Fsp3) is 0.200. The molecule has 35 heavy (non-hydrogen) atoms. The average molecular weight is 479 g/mol. The van der Waals surface area contributed by atoms with Crippen molar-refractivity contribution in [3.8, 4) is 11.5 Å². The summed E-state index contributed by atoms with van der Waals surface area (Å²) in [4.78, 5) is 41.7. The second kappa shape index (κ2) is 10.3. The van der Waals surface area contributed by atoms with Crippen LogP contribution in [0.25, 0.3) is 0 Å². The van der Waals surface area contributed by atoms with Crippen LogP contribution in [0.1, 0.15) is 36.6 Å². The number of amides is 1. The summed E-state index contributed by atoms with van der Waals surface area (Å²) in [5, 5.41) is 15.9. The highest BCUT2D eigenvalue weighted by atomic mass is 19.1. The molecule has 10 heteroatoms. The lowest BCUT2D eigenvalue weighted by atomic mass is 10.0. The lowest BCUT2D eigenvalue weighted by Gasteiger charge is -2.20. The summed E-state index contributed by atoms with van der Waals surface area (Å²) in [6.45, 7) is 0.788. The van der Waals surface area contributed by atoms with E-state index in [1.807, 2.05) is 0 Å². The molecule has 1 unspecified atom stereocenters. The van der Waals surface area contributed by atoms with Crippen molar-refractivity contribution in [1.82, 2.24) is 15.6 Å². The molecule has 1 amide bonds. The minimum absolute atomic E-state index is 0.0639. The van der Waals surface area contributed by atoms with Gasteiger partial charge in [-0.2, -0.15) is 0 Å². The topological polar surface area (TPSA) is 127 Å². The lowest BCUT2D eigenvalue weighted by molar-refractivity contribution is 0.0283. The number of phenolic OH excluding ortho intramolecular Hbond substituents is 1. The molecule has 1 aliphatic rings. The summed E-state index contributed by atoms with van der Waals surface area (Å²) < 4.78 is 25.0. The lowest BCUT2D eigenvalue weighted by Crippen LogP contribution is -2.44. The molecule has 3 aromatic rings. The van der Waals surface area contributed by atoms with Crippen LogP contribution in [-0.4, -0.2) is 60.1 Å². The smallest absolute Gasteiger partial charge is 0.338 e. The molecule has 0 bridgehead atoms. The number of carbonyl (C=O) groups is 3. The monoisotopic (exact) mass is 479 g/mol. The highest BCUT2D eigenvalue weighted by Crippen LogP contribution is 2.30. The van der Waals surface area contributed by atoms with E-state index in [2.05, 4.69) is 15.6 Å². The van der Waals surface area contributed by atoms with Crippen LogP contribution in [0.2, 0.25) is 0 Å². The zero-order valence-electron chi connectivity index (χ0n) is 18.7. The van der Waals surface area contributed by atoms with E-state index in [1.165, 1.54) is 55.9 Å². The Morgan fingerprint density at radius 2 is 1.69 bits per heavy atom. The highest BCUT2D eigenvalue weighted by Gasteiger charge is 2.32. The standard InChI is InChI=1S/C25H22FN3O6/c1-34-19-7-6-18(30)21(22(19)26)23(31)14-2-4-16(5-3-14)25(33)35-20-13-28-12-17(20)29-24(32)15-8-10-27-11-9-15/h2-11,17,20,28,30H,12-13H2,1H3,(H,29,32)/t17-,20?/m1/s1.